The molecule has 0 radical (unpaired) electrons. The van der Waals surface area contributed by atoms with Gasteiger partial charge in [-0.25, -0.2) is 4.79 Å². The van der Waals surface area contributed by atoms with E-state index in [1.807, 2.05) is 25.9 Å². The average molecular weight is 256 g/mol. The first-order valence-corrected chi connectivity index (χ1v) is 6.43. The lowest BCUT2D eigenvalue weighted by molar-refractivity contribution is -0.154. The van der Waals surface area contributed by atoms with Crippen LogP contribution in [0.2, 0.25) is 0 Å². The number of thioether (sulfide) groups is 1. The zero-order valence-corrected chi connectivity index (χ0v) is 11.2. The van der Waals surface area contributed by atoms with Crippen LogP contribution in [-0.4, -0.2) is 60.1 Å². The van der Waals surface area contributed by atoms with Gasteiger partial charge in [0.25, 0.3) is 0 Å². The van der Waals surface area contributed by atoms with Gasteiger partial charge in [-0.2, -0.15) is 0 Å². The molecular formula is C11H16N2O3S. The smallest absolute Gasteiger partial charge is 0.354 e. The molecule has 2 unspecified atom stereocenters. The standard InChI is InChI=1S/C11H16N2O3S/c1-6-5-17-10-8(12(2)3)9(14)13(10)7(6)11(15)16-4/h8,10H,5H2,1-4H3. The third-order valence-corrected chi connectivity index (χ3v) is 4.48. The molecule has 1 amide bonds. The van der Waals surface area contributed by atoms with Gasteiger partial charge in [-0.15, -0.1) is 11.8 Å². The number of esters is 1. The van der Waals surface area contributed by atoms with Crippen molar-refractivity contribution in [2.24, 2.45) is 0 Å². The summed E-state index contributed by atoms with van der Waals surface area (Å²) >= 11 is 1.69. The molecule has 0 aromatic heterocycles. The lowest BCUT2D eigenvalue weighted by Crippen LogP contribution is -2.69. The second-order valence-corrected chi connectivity index (χ2v) is 5.54. The van der Waals surface area contributed by atoms with Crippen molar-refractivity contribution in [3.8, 4) is 0 Å². The fraction of sp³-hybridized carbons (Fsp3) is 0.636. The Morgan fingerprint density at radius 2 is 2.18 bits per heavy atom. The Hall–Kier alpha value is -1.01. The number of rotatable bonds is 2. The summed E-state index contributed by atoms with van der Waals surface area (Å²) in [4.78, 5) is 27.2. The van der Waals surface area contributed by atoms with Gasteiger partial charge in [0, 0.05) is 5.75 Å². The molecule has 0 saturated carbocycles. The van der Waals surface area contributed by atoms with Gasteiger partial charge in [-0.05, 0) is 26.6 Å². The Morgan fingerprint density at radius 3 is 2.71 bits per heavy atom. The van der Waals surface area contributed by atoms with Gasteiger partial charge in [0.15, 0.2) is 0 Å². The first-order valence-electron chi connectivity index (χ1n) is 5.38. The summed E-state index contributed by atoms with van der Waals surface area (Å²) in [7, 11) is 5.10. The summed E-state index contributed by atoms with van der Waals surface area (Å²) in [5.41, 5.74) is 1.34. The highest BCUT2D eigenvalue weighted by Gasteiger charge is 2.54. The molecule has 0 N–H and O–H groups in total. The summed E-state index contributed by atoms with van der Waals surface area (Å²) in [5.74, 6) is 0.328. The molecule has 2 heterocycles. The van der Waals surface area contributed by atoms with E-state index in [1.54, 1.807) is 16.7 Å². The summed E-state index contributed by atoms with van der Waals surface area (Å²) in [6, 6.07) is -0.132. The van der Waals surface area contributed by atoms with Crippen LogP contribution in [0.5, 0.6) is 0 Å². The molecule has 1 fully saturated rings. The Morgan fingerprint density at radius 1 is 1.53 bits per heavy atom. The summed E-state index contributed by atoms with van der Waals surface area (Å²) in [5, 5.41) is 0.0373. The van der Waals surface area contributed by atoms with Gasteiger partial charge in [-0.3, -0.25) is 14.6 Å². The summed E-state index contributed by atoms with van der Waals surface area (Å²) < 4.78 is 4.74. The van der Waals surface area contributed by atoms with Crippen LogP contribution >= 0.6 is 11.8 Å². The zero-order valence-electron chi connectivity index (χ0n) is 10.4. The molecule has 1 saturated heterocycles. The number of hydrogen-bond acceptors (Lipinski definition) is 5. The molecule has 17 heavy (non-hydrogen) atoms. The van der Waals surface area contributed by atoms with Crippen LogP contribution in [0.4, 0.5) is 0 Å². The maximum absolute atomic E-state index is 12.0. The minimum absolute atomic E-state index is 0.0213. The van der Waals surface area contributed by atoms with Gasteiger partial charge >= 0.3 is 5.97 Å². The number of likely N-dealkylation sites (N-methyl/N-ethyl adjacent to an activating group) is 1. The number of carbonyl (C=O) groups excluding carboxylic acids is 2. The number of carbonyl (C=O) groups is 2. The van der Waals surface area contributed by atoms with Crippen LogP contribution in [0, 0.1) is 0 Å². The van der Waals surface area contributed by atoms with Crippen molar-refractivity contribution in [2.45, 2.75) is 18.3 Å². The minimum Gasteiger partial charge on any atom is -0.464 e. The van der Waals surface area contributed by atoms with E-state index in [-0.39, 0.29) is 17.3 Å². The van der Waals surface area contributed by atoms with E-state index in [2.05, 4.69) is 0 Å². The van der Waals surface area contributed by atoms with Crippen molar-refractivity contribution >= 4 is 23.6 Å². The molecule has 0 aromatic carbocycles. The molecule has 0 aliphatic carbocycles. The molecule has 0 bridgehead atoms. The largest absolute Gasteiger partial charge is 0.464 e. The molecule has 2 atom stereocenters. The van der Waals surface area contributed by atoms with E-state index in [9.17, 15) is 9.59 Å². The zero-order chi connectivity index (χ0) is 12.7. The van der Waals surface area contributed by atoms with Crippen molar-refractivity contribution in [3.63, 3.8) is 0 Å². The Balaban J connectivity index is 2.30. The first kappa shape index (κ1) is 12.4. The van der Waals surface area contributed by atoms with Gasteiger partial charge in [0.1, 0.15) is 17.1 Å². The van der Waals surface area contributed by atoms with Crippen LogP contribution in [0.3, 0.4) is 0 Å². The third kappa shape index (κ3) is 1.75. The molecular weight excluding hydrogens is 240 g/mol. The third-order valence-electron chi connectivity index (χ3n) is 3.07. The van der Waals surface area contributed by atoms with E-state index in [1.165, 1.54) is 7.11 Å². The summed E-state index contributed by atoms with van der Waals surface area (Å²) in [6.45, 7) is 1.87. The minimum atomic E-state index is -0.418. The van der Waals surface area contributed by atoms with Crippen molar-refractivity contribution in [3.05, 3.63) is 11.3 Å². The summed E-state index contributed by atoms with van der Waals surface area (Å²) in [6.07, 6.45) is 0. The fourth-order valence-corrected chi connectivity index (χ4v) is 3.64. The lowest BCUT2D eigenvalue weighted by atomic mass is 10.0. The average Bonchev–Trinajstić information content (AvgIpc) is 2.28. The molecule has 2 rings (SSSR count). The number of methoxy groups -OCH3 is 1. The molecule has 94 valence electrons. The van der Waals surface area contributed by atoms with Crippen LogP contribution in [-0.2, 0) is 14.3 Å². The highest BCUT2D eigenvalue weighted by Crippen LogP contribution is 2.41. The normalized spacial score (nSPS) is 28.1. The van der Waals surface area contributed by atoms with E-state index in [4.69, 9.17) is 4.74 Å². The molecule has 2 aliphatic rings. The molecule has 5 nitrogen and oxygen atoms in total. The number of β-lactam (4-membered cyclic amide) rings is 1. The monoisotopic (exact) mass is 256 g/mol. The number of amides is 1. The van der Waals surface area contributed by atoms with Gasteiger partial charge in [0.05, 0.1) is 7.11 Å². The van der Waals surface area contributed by atoms with E-state index in [0.29, 0.717) is 5.70 Å². The topological polar surface area (TPSA) is 49.9 Å². The predicted octanol–water partition coefficient (Wildman–Crippen LogP) is 0.279. The molecule has 2 aliphatic heterocycles. The van der Waals surface area contributed by atoms with Gasteiger partial charge < -0.3 is 4.74 Å². The highest BCUT2D eigenvalue weighted by atomic mass is 32.2. The van der Waals surface area contributed by atoms with Crippen LogP contribution in [0.1, 0.15) is 6.92 Å². The first-order chi connectivity index (χ1) is 7.99. The van der Waals surface area contributed by atoms with Crippen LogP contribution in [0.15, 0.2) is 11.3 Å². The second kappa shape index (κ2) is 4.34. The molecule has 0 spiro atoms. The predicted molar refractivity (Wildman–Crippen MR) is 65.3 cm³/mol. The van der Waals surface area contributed by atoms with E-state index >= 15 is 0 Å². The number of nitrogens with zero attached hydrogens (tertiary/aromatic N) is 2. The maximum Gasteiger partial charge on any atom is 0.354 e. The fourth-order valence-electron chi connectivity index (χ4n) is 2.18. The molecule has 6 heteroatoms. The van der Waals surface area contributed by atoms with E-state index < -0.39 is 5.97 Å². The van der Waals surface area contributed by atoms with Gasteiger partial charge in [0.2, 0.25) is 5.91 Å². The van der Waals surface area contributed by atoms with Crippen LogP contribution in [0.25, 0.3) is 0 Å². The van der Waals surface area contributed by atoms with E-state index in [0.717, 1.165) is 11.3 Å². The number of ether oxygens (including phenoxy) is 1. The van der Waals surface area contributed by atoms with Crippen LogP contribution < -0.4 is 0 Å². The Kier molecular flexibility index (Phi) is 3.18. The maximum atomic E-state index is 12.0. The molecule has 0 aromatic rings. The Bertz CT molecular complexity index is 406. The van der Waals surface area contributed by atoms with Crippen molar-refractivity contribution in [1.82, 2.24) is 9.80 Å². The Labute approximate surface area is 105 Å². The number of fused-ring (bicyclic) bond motifs is 1. The SMILES string of the molecule is COC(=O)C1=C(C)CSC2C(N(C)C)C(=O)N12. The van der Waals surface area contributed by atoms with Gasteiger partial charge in [-0.1, -0.05) is 0 Å². The van der Waals surface area contributed by atoms with Crippen molar-refractivity contribution in [1.29, 1.82) is 0 Å². The quantitative estimate of drug-likeness (QED) is 0.524. The lowest BCUT2D eigenvalue weighted by Gasteiger charge is -2.51. The second-order valence-electron chi connectivity index (χ2n) is 4.44. The van der Waals surface area contributed by atoms with Crippen molar-refractivity contribution < 1.29 is 14.3 Å². The highest BCUT2D eigenvalue weighted by molar-refractivity contribution is 8.00. The number of hydrogen-bond donors (Lipinski definition) is 0. The van der Waals surface area contributed by atoms with Crippen molar-refractivity contribution in [2.75, 3.05) is 27.0 Å².